The van der Waals surface area contributed by atoms with Crippen LogP contribution < -0.4 is 5.32 Å². The number of nitro benzene ring substituents is 1. The predicted molar refractivity (Wildman–Crippen MR) is 80.8 cm³/mol. The lowest BCUT2D eigenvalue weighted by atomic mass is 9.67. The van der Waals surface area contributed by atoms with Crippen LogP contribution in [0.15, 0.2) is 18.2 Å². The summed E-state index contributed by atoms with van der Waals surface area (Å²) in [5.74, 6) is 0. The molecule has 0 aliphatic heterocycles. The maximum Gasteiger partial charge on any atom is 0.272 e. The van der Waals surface area contributed by atoms with Crippen molar-refractivity contribution in [2.45, 2.75) is 52.5 Å². The average molecular weight is 276 g/mol. The van der Waals surface area contributed by atoms with Gasteiger partial charge in [-0.3, -0.25) is 10.1 Å². The van der Waals surface area contributed by atoms with E-state index in [0.29, 0.717) is 5.41 Å². The summed E-state index contributed by atoms with van der Waals surface area (Å²) in [6, 6.07) is 5.68. The second-order valence-electron chi connectivity index (χ2n) is 6.11. The summed E-state index contributed by atoms with van der Waals surface area (Å²) in [6.45, 7) is 7.12. The van der Waals surface area contributed by atoms with E-state index in [-0.39, 0.29) is 16.7 Å². The van der Waals surface area contributed by atoms with Crippen LogP contribution in [0.2, 0.25) is 0 Å². The zero-order valence-electron chi connectivity index (χ0n) is 12.6. The number of nitrogens with zero attached hydrogens (tertiary/aromatic N) is 1. The Bertz CT molecular complexity index is 490. The normalized spacial score (nSPS) is 18.4. The lowest BCUT2D eigenvalue weighted by Crippen LogP contribution is -2.40. The Morgan fingerprint density at radius 3 is 2.65 bits per heavy atom. The zero-order valence-corrected chi connectivity index (χ0v) is 12.6. The van der Waals surface area contributed by atoms with Crippen LogP contribution in [0.1, 0.15) is 56.7 Å². The molecule has 4 nitrogen and oxygen atoms in total. The number of hydrogen-bond acceptors (Lipinski definition) is 3. The molecule has 1 fully saturated rings. The molecule has 0 aromatic heterocycles. The maximum atomic E-state index is 11.0. The highest BCUT2D eigenvalue weighted by Gasteiger charge is 2.34. The molecule has 4 heteroatoms. The van der Waals surface area contributed by atoms with Crippen LogP contribution in [0.3, 0.4) is 0 Å². The summed E-state index contributed by atoms with van der Waals surface area (Å²) < 4.78 is 0. The Hall–Kier alpha value is -1.42. The SMILES string of the molecule is CCC1(CNC(C)c2ccc(C)c([N+](=O)[O-])c2)CCC1. The topological polar surface area (TPSA) is 55.2 Å². The second-order valence-corrected chi connectivity index (χ2v) is 6.11. The third-order valence-electron chi connectivity index (χ3n) is 4.88. The number of nitro groups is 1. The second kappa shape index (κ2) is 5.92. The van der Waals surface area contributed by atoms with Crippen LogP contribution in [0.25, 0.3) is 0 Å². The third-order valence-corrected chi connectivity index (χ3v) is 4.88. The molecule has 0 heterocycles. The van der Waals surface area contributed by atoms with Gasteiger partial charge in [-0.25, -0.2) is 0 Å². The third kappa shape index (κ3) is 3.01. The van der Waals surface area contributed by atoms with Crippen molar-refractivity contribution >= 4 is 5.69 Å². The van der Waals surface area contributed by atoms with Crippen LogP contribution in [0, 0.1) is 22.5 Å². The molecule has 0 bridgehead atoms. The van der Waals surface area contributed by atoms with Crippen LogP contribution in [0.4, 0.5) is 5.69 Å². The first-order valence-electron chi connectivity index (χ1n) is 7.46. The van der Waals surface area contributed by atoms with Crippen molar-refractivity contribution in [2.75, 3.05) is 6.54 Å². The zero-order chi connectivity index (χ0) is 14.8. The van der Waals surface area contributed by atoms with Crippen molar-refractivity contribution in [3.05, 3.63) is 39.4 Å². The van der Waals surface area contributed by atoms with E-state index < -0.39 is 0 Å². The van der Waals surface area contributed by atoms with Crippen molar-refractivity contribution in [3.63, 3.8) is 0 Å². The highest BCUT2D eigenvalue weighted by Crippen LogP contribution is 2.43. The quantitative estimate of drug-likeness (QED) is 0.627. The number of hydrogen-bond donors (Lipinski definition) is 1. The fourth-order valence-corrected chi connectivity index (χ4v) is 2.91. The summed E-state index contributed by atoms with van der Waals surface area (Å²) in [6.07, 6.45) is 5.15. The van der Waals surface area contributed by atoms with Crippen LogP contribution >= 0.6 is 0 Å². The number of aryl methyl sites for hydroxylation is 1. The summed E-state index contributed by atoms with van der Waals surface area (Å²) in [5, 5.41) is 14.6. The highest BCUT2D eigenvalue weighted by atomic mass is 16.6. The molecule has 0 radical (unpaired) electrons. The van der Waals surface area contributed by atoms with E-state index in [1.807, 2.05) is 12.1 Å². The molecule has 110 valence electrons. The van der Waals surface area contributed by atoms with Gasteiger partial charge in [-0.2, -0.15) is 0 Å². The highest BCUT2D eigenvalue weighted by molar-refractivity contribution is 5.43. The minimum Gasteiger partial charge on any atom is -0.310 e. The Kier molecular flexibility index (Phi) is 4.43. The van der Waals surface area contributed by atoms with Crippen molar-refractivity contribution in [1.82, 2.24) is 5.32 Å². The van der Waals surface area contributed by atoms with Gasteiger partial charge in [0.05, 0.1) is 4.92 Å². The summed E-state index contributed by atoms with van der Waals surface area (Å²) in [4.78, 5) is 10.7. The molecule has 0 spiro atoms. The lowest BCUT2D eigenvalue weighted by molar-refractivity contribution is -0.385. The lowest BCUT2D eigenvalue weighted by Gasteiger charge is -2.42. The van der Waals surface area contributed by atoms with Gasteiger partial charge in [0.15, 0.2) is 0 Å². The first-order chi connectivity index (χ1) is 9.47. The van der Waals surface area contributed by atoms with Gasteiger partial charge in [0.2, 0.25) is 0 Å². The van der Waals surface area contributed by atoms with Crippen LogP contribution in [0.5, 0.6) is 0 Å². The van der Waals surface area contributed by atoms with Gasteiger partial charge in [-0.05, 0) is 44.1 Å². The molecule has 0 saturated heterocycles. The summed E-state index contributed by atoms with van der Waals surface area (Å²) in [5.41, 5.74) is 2.39. The first kappa shape index (κ1) is 15.0. The van der Waals surface area contributed by atoms with Gasteiger partial charge in [-0.1, -0.05) is 25.5 Å². The standard InChI is InChI=1S/C16H24N2O2/c1-4-16(8-5-9-16)11-17-13(3)14-7-6-12(2)15(10-14)18(19)20/h6-7,10,13,17H,4-5,8-9,11H2,1-3H3. The van der Waals surface area contributed by atoms with Gasteiger partial charge in [0.25, 0.3) is 5.69 Å². The number of rotatable bonds is 6. The van der Waals surface area contributed by atoms with E-state index in [4.69, 9.17) is 0 Å². The Morgan fingerprint density at radius 1 is 1.45 bits per heavy atom. The van der Waals surface area contributed by atoms with Gasteiger partial charge >= 0.3 is 0 Å². The van der Waals surface area contributed by atoms with Crippen molar-refractivity contribution in [2.24, 2.45) is 5.41 Å². The average Bonchev–Trinajstić information content (AvgIpc) is 2.38. The summed E-state index contributed by atoms with van der Waals surface area (Å²) in [7, 11) is 0. The van der Waals surface area contributed by atoms with Gasteiger partial charge in [0.1, 0.15) is 0 Å². The Morgan fingerprint density at radius 2 is 2.15 bits per heavy atom. The minimum absolute atomic E-state index is 0.151. The molecule has 1 aromatic rings. The van der Waals surface area contributed by atoms with Gasteiger partial charge in [0, 0.05) is 24.2 Å². The van der Waals surface area contributed by atoms with Gasteiger partial charge in [-0.15, -0.1) is 0 Å². The largest absolute Gasteiger partial charge is 0.310 e. The number of nitrogens with one attached hydrogen (secondary N) is 1. The van der Waals surface area contributed by atoms with E-state index in [9.17, 15) is 10.1 Å². The van der Waals surface area contributed by atoms with E-state index in [1.54, 1.807) is 13.0 Å². The van der Waals surface area contributed by atoms with Crippen molar-refractivity contribution in [3.8, 4) is 0 Å². The Labute approximate surface area is 120 Å². The monoisotopic (exact) mass is 276 g/mol. The van der Waals surface area contributed by atoms with Crippen molar-refractivity contribution in [1.29, 1.82) is 0 Å². The summed E-state index contributed by atoms with van der Waals surface area (Å²) >= 11 is 0. The smallest absolute Gasteiger partial charge is 0.272 e. The van der Waals surface area contributed by atoms with Crippen molar-refractivity contribution < 1.29 is 4.92 Å². The minimum atomic E-state index is -0.301. The molecule has 1 saturated carbocycles. The van der Waals surface area contributed by atoms with E-state index >= 15 is 0 Å². The predicted octanol–water partition coefficient (Wildman–Crippen LogP) is 4.13. The molecule has 0 amide bonds. The van der Waals surface area contributed by atoms with Crippen LogP contribution in [-0.2, 0) is 0 Å². The molecule has 1 atom stereocenters. The molecule has 1 aromatic carbocycles. The maximum absolute atomic E-state index is 11.0. The fourth-order valence-electron chi connectivity index (χ4n) is 2.91. The molecule has 1 aliphatic carbocycles. The van der Waals surface area contributed by atoms with Crippen LogP contribution in [-0.4, -0.2) is 11.5 Å². The molecule has 1 unspecified atom stereocenters. The Balaban J connectivity index is 2.03. The molecule has 2 rings (SSSR count). The molecular weight excluding hydrogens is 252 g/mol. The molecule has 1 N–H and O–H groups in total. The van der Waals surface area contributed by atoms with E-state index in [0.717, 1.165) is 17.7 Å². The van der Waals surface area contributed by atoms with E-state index in [1.165, 1.54) is 25.7 Å². The number of benzene rings is 1. The van der Waals surface area contributed by atoms with E-state index in [2.05, 4.69) is 19.2 Å². The molecule has 1 aliphatic rings. The molecule has 20 heavy (non-hydrogen) atoms. The first-order valence-corrected chi connectivity index (χ1v) is 7.46. The molecular formula is C16H24N2O2. The van der Waals surface area contributed by atoms with Gasteiger partial charge < -0.3 is 5.32 Å². The fraction of sp³-hybridized carbons (Fsp3) is 0.625.